The number of amides is 1. The van der Waals surface area contributed by atoms with Crippen molar-refractivity contribution < 1.29 is 4.79 Å². The number of hydrogen-bond donors (Lipinski definition) is 2. The number of aryl methyl sites for hydroxylation is 3. The van der Waals surface area contributed by atoms with E-state index >= 15 is 0 Å². The second kappa shape index (κ2) is 6.37. The molecule has 2 aromatic rings. The minimum atomic E-state index is -0.287. The molecule has 0 fully saturated rings. The van der Waals surface area contributed by atoms with Gasteiger partial charge in [-0.3, -0.25) is 9.59 Å². The van der Waals surface area contributed by atoms with E-state index in [-0.39, 0.29) is 23.1 Å². The topological polar surface area (TPSA) is 62.0 Å². The van der Waals surface area contributed by atoms with E-state index in [1.54, 1.807) is 17.4 Å². The molecule has 0 bridgehead atoms. The first kappa shape index (κ1) is 15.9. The lowest BCUT2D eigenvalue weighted by Gasteiger charge is -2.24. The first-order valence-electron chi connectivity index (χ1n) is 8.46. The third kappa shape index (κ3) is 2.91. The zero-order valence-electron chi connectivity index (χ0n) is 13.3. The van der Waals surface area contributed by atoms with Gasteiger partial charge in [0.2, 0.25) is 0 Å². The van der Waals surface area contributed by atoms with Crippen LogP contribution < -0.4 is 10.9 Å². The van der Waals surface area contributed by atoms with Crippen LogP contribution in [0, 0.1) is 0 Å². The van der Waals surface area contributed by atoms with Crippen LogP contribution in [0.5, 0.6) is 0 Å². The van der Waals surface area contributed by atoms with Crippen LogP contribution in [0.4, 0.5) is 0 Å². The summed E-state index contributed by atoms with van der Waals surface area (Å²) >= 11 is 7.71. The lowest BCUT2D eigenvalue weighted by Crippen LogP contribution is -2.34. The molecule has 0 aliphatic heterocycles. The molecule has 4 rings (SSSR count). The van der Waals surface area contributed by atoms with E-state index < -0.39 is 0 Å². The van der Waals surface area contributed by atoms with E-state index in [1.807, 2.05) is 6.07 Å². The highest BCUT2D eigenvalue weighted by molar-refractivity contribution is 7.16. The molecule has 0 spiro atoms. The fraction of sp³-hybridized carbons (Fsp3) is 0.444. The number of pyridine rings is 1. The Morgan fingerprint density at radius 1 is 1.21 bits per heavy atom. The van der Waals surface area contributed by atoms with Gasteiger partial charge in [-0.2, -0.15) is 0 Å². The van der Waals surface area contributed by atoms with Crippen LogP contribution in [0.1, 0.15) is 63.8 Å². The van der Waals surface area contributed by atoms with Crippen molar-refractivity contribution >= 4 is 28.8 Å². The van der Waals surface area contributed by atoms with Gasteiger partial charge < -0.3 is 10.3 Å². The van der Waals surface area contributed by atoms with E-state index in [2.05, 4.69) is 10.3 Å². The van der Waals surface area contributed by atoms with Gasteiger partial charge in [-0.1, -0.05) is 11.6 Å². The number of carbonyl (C=O) groups is 1. The van der Waals surface area contributed by atoms with Crippen LogP contribution in [-0.2, 0) is 19.3 Å². The highest BCUT2D eigenvalue weighted by atomic mass is 35.5. The van der Waals surface area contributed by atoms with Crippen molar-refractivity contribution in [3.63, 3.8) is 0 Å². The Balaban J connectivity index is 1.60. The van der Waals surface area contributed by atoms with E-state index in [0.29, 0.717) is 0 Å². The molecule has 1 amide bonds. The molecule has 1 unspecified atom stereocenters. The van der Waals surface area contributed by atoms with E-state index in [0.717, 1.165) is 66.1 Å². The van der Waals surface area contributed by atoms with Gasteiger partial charge in [0.1, 0.15) is 5.56 Å². The van der Waals surface area contributed by atoms with Crippen LogP contribution in [-0.4, -0.2) is 10.9 Å². The maximum Gasteiger partial charge on any atom is 0.261 e. The number of hydrogen-bond acceptors (Lipinski definition) is 3. The van der Waals surface area contributed by atoms with Crippen molar-refractivity contribution in [2.75, 3.05) is 0 Å². The molecule has 0 aromatic carbocycles. The van der Waals surface area contributed by atoms with Gasteiger partial charge in [0.25, 0.3) is 11.5 Å². The summed E-state index contributed by atoms with van der Waals surface area (Å²) < 4.78 is 0.757. The molecular weight excluding hydrogens is 344 g/mol. The molecule has 2 aliphatic rings. The molecule has 0 saturated heterocycles. The summed E-state index contributed by atoms with van der Waals surface area (Å²) in [6.45, 7) is 0. The van der Waals surface area contributed by atoms with Crippen LogP contribution in [0.2, 0.25) is 4.34 Å². The lowest BCUT2D eigenvalue weighted by atomic mass is 9.93. The molecule has 2 aliphatic carbocycles. The monoisotopic (exact) mass is 362 g/mol. The lowest BCUT2D eigenvalue weighted by molar-refractivity contribution is 0.0931. The number of nitrogens with one attached hydrogen (secondary N) is 2. The van der Waals surface area contributed by atoms with Crippen LogP contribution >= 0.6 is 22.9 Å². The first-order chi connectivity index (χ1) is 11.6. The van der Waals surface area contributed by atoms with Crippen molar-refractivity contribution in [1.82, 2.24) is 10.3 Å². The third-order valence-electron chi connectivity index (χ3n) is 4.97. The second-order valence-electron chi connectivity index (χ2n) is 6.57. The summed E-state index contributed by atoms with van der Waals surface area (Å²) in [4.78, 5) is 29.1. The third-order valence-corrected chi connectivity index (χ3v) is 6.31. The molecule has 2 aromatic heterocycles. The summed E-state index contributed by atoms with van der Waals surface area (Å²) in [5.74, 6) is -0.287. The quantitative estimate of drug-likeness (QED) is 0.854. The molecule has 2 heterocycles. The van der Waals surface area contributed by atoms with E-state index in [4.69, 9.17) is 11.6 Å². The Bertz CT molecular complexity index is 855. The molecule has 126 valence electrons. The SMILES string of the molecule is O=C(NC1CCCc2sc(Cl)cc21)c1cc2c([nH]c1=O)CCCC2. The van der Waals surface area contributed by atoms with Crippen LogP contribution in [0.15, 0.2) is 16.9 Å². The minimum absolute atomic E-state index is 0.0552. The largest absolute Gasteiger partial charge is 0.345 e. The molecule has 1 atom stereocenters. The summed E-state index contributed by atoms with van der Waals surface area (Å²) in [6, 6.07) is 3.68. The Labute approximate surface area is 149 Å². The number of halogens is 1. The molecule has 6 heteroatoms. The Morgan fingerprint density at radius 3 is 2.92 bits per heavy atom. The second-order valence-corrected chi connectivity index (χ2v) is 8.34. The average Bonchev–Trinajstić information content (AvgIpc) is 2.95. The Hall–Kier alpha value is -1.59. The average molecular weight is 363 g/mol. The van der Waals surface area contributed by atoms with Gasteiger partial charge in [-0.05, 0) is 68.2 Å². The van der Waals surface area contributed by atoms with Gasteiger partial charge in [-0.15, -0.1) is 11.3 Å². The number of carbonyl (C=O) groups excluding carboxylic acids is 1. The number of rotatable bonds is 2. The van der Waals surface area contributed by atoms with E-state index in [9.17, 15) is 9.59 Å². The van der Waals surface area contributed by atoms with Gasteiger partial charge in [0.15, 0.2) is 0 Å². The fourth-order valence-electron chi connectivity index (χ4n) is 3.75. The molecular formula is C18H19ClN2O2S. The molecule has 2 N–H and O–H groups in total. The number of aromatic nitrogens is 1. The van der Waals surface area contributed by atoms with Gasteiger partial charge in [-0.25, -0.2) is 0 Å². The predicted molar refractivity (Wildman–Crippen MR) is 96.2 cm³/mol. The Kier molecular flexibility index (Phi) is 4.22. The molecule has 0 radical (unpaired) electrons. The number of H-pyrrole nitrogens is 1. The maximum absolute atomic E-state index is 12.7. The van der Waals surface area contributed by atoms with Crippen molar-refractivity contribution in [3.8, 4) is 0 Å². The number of thiophene rings is 1. The smallest absolute Gasteiger partial charge is 0.261 e. The predicted octanol–water partition coefficient (Wildman–Crippen LogP) is 3.78. The zero-order chi connectivity index (χ0) is 16.7. The van der Waals surface area contributed by atoms with Crippen molar-refractivity contribution in [2.45, 2.75) is 51.0 Å². The van der Waals surface area contributed by atoms with Crippen molar-refractivity contribution in [1.29, 1.82) is 0 Å². The summed E-state index contributed by atoms with van der Waals surface area (Å²) in [5, 5.41) is 3.04. The summed E-state index contributed by atoms with van der Waals surface area (Å²) in [5.41, 5.74) is 3.15. The summed E-state index contributed by atoms with van der Waals surface area (Å²) in [7, 11) is 0. The van der Waals surface area contributed by atoms with Gasteiger partial charge in [0, 0.05) is 10.6 Å². The number of aromatic amines is 1. The molecule has 4 nitrogen and oxygen atoms in total. The maximum atomic E-state index is 12.7. The normalized spacial score (nSPS) is 19.5. The highest BCUT2D eigenvalue weighted by Gasteiger charge is 2.26. The minimum Gasteiger partial charge on any atom is -0.345 e. The van der Waals surface area contributed by atoms with E-state index in [1.165, 1.54) is 4.88 Å². The van der Waals surface area contributed by atoms with Crippen LogP contribution in [0.25, 0.3) is 0 Å². The fourth-order valence-corrected chi connectivity index (χ4v) is 5.13. The van der Waals surface area contributed by atoms with Gasteiger partial charge in [0.05, 0.1) is 10.4 Å². The zero-order valence-corrected chi connectivity index (χ0v) is 14.9. The summed E-state index contributed by atoms with van der Waals surface area (Å²) in [6.07, 6.45) is 6.95. The Morgan fingerprint density at radius 2 is 2.04 bits per heavy atom. The molecule has 0 saturated carbocycles. The standard InChI is InChI=1S/C18H19ClN2O2S/c19-16-9-11-14(6-3-7-15(11)24-16)21-18(23)12-8-10-4-1-2-5-13(10)20-17(12)22/h8-9,14H,1-7H2,(H,20,22)(H,21,23). The molecule has 24 heavy (non-hydrogen) atoms. The van der Waals surface area contributed by atoms with Crippen LogP contribution in [0.3, 0.4) is 0 Å². The first-order valence-corrected chi connectivity index (χ1v) is 9.65. The van der Waals surface area contributed by atoms with Crippen molar-refractivity contribution in [2.24, 2.45) is 0 Å². The highest BCUT2D eigenvalue weighted by Crippen LogP contribution is 2.37. The van der Waals surface area contributed by atoms with Gasteiger partial charge >= 0.3 is 0 Å². The number of fused-ring (bicyclic) bond motifs is 2. The van der Waals surface area contributed by atoms with Crippen molar-refractivity contribution in [3.05, 3.63) is 54.1 Å².